The predicted molar refractivity (Wildman–Crippen MR) is 152 cm³/mol. The number of ether oxygens (including phenoxy) is 4. The Morgan fingerprint density at radius 1 is 0.775 bits per heavy atom. The highest BCUT2D eigenvalue weighted by molar-refractivity contribution is 7.85. The molecule has 4 atom stereocenters. The van der Waals surface area contributed by atoms with E-state index in [-0.39, 0.29) is 0 Å². The van der Waals surface area contributed by atoms with Gasteiger partial charge in [0.1, 0.15) is 23.7 Å². The van der Waals surface area contributed by atoms with Crippen LogP contribution in [0, 0.1) is 0 Å². The maximum absolute atomic E-state index is 13.6. The van der Waals surface area contributed by atoms with E-state index in [0.717, 1.165) is 12.2 Å². The van der Waals surface area contributed by atoms with Crippen LogP contribution in [0.3, 0.4) is 0 Å². The molecule has 2 N–H and O–H groups in total. The van der Waals surface area contributed by atoms with Gasteiger partial charge in [0.05, 0.1) is 10.8 Å². The quantitative estimate of drug-likeness (QED) is 0.191. The highest BCUT2D eigenvalue weighted by Gasteiger charge is 2.24. The van der Waals surface area contributed by atoms with Gasteiger partial charge in [0.2, 0.25) is 0 Å². The molecule has 2 aromatic rings. The van der Waals surface area contributed by atoms with E-state index in [2.05, 4.69) is 13.2 Å². The number of aliphatic hydroxyl groups excluding tert-OH is 2. The normalized spacial score (nSPS) is 15.1. The Morgan fingerprint density at radius 3 is 1.45 bits per heavy atom. The summed E-state index contributed by atoms with van der Waals surface area (Å²) in [4.78, 5) is 24.2. The van der Waals surface area contributed by atoms with E-state index >= 15 is 0 Å². The topological polar surface area (TPSA) is 129 Å². The maximum Gasteiger partial charge on any atom is 0.333 e. The van der Waals surface area contributed by atoms with Gasteiger partial charge in [-0.2, -0.15) is 0 Å². The molecule has 10 heteroatoms. The summed E-state index contributed by atoms with van der Waals surface area (Å²) < 4.78 is 35.2. The van der Waals surface area contributed by atoms with Crippen molar-refractivity contribution in [1.29, 1.82) is 0 Å². The molecule has 214 valence electrons. The summed E-state index contributed by atoms with van der Waals surface area (Å²) in [7, 11) is -1.63. The first-order valence-corrected chi connectivity index (χ1v) is 13.5. The van der Waals surface area contributed by atoms with E-state index in [9.17, 15) is 24.0 Å². The number of hydrogen-bond acceptors (Lipinski definition) is 9. The highest BCUT2D eigenvalue weighted by atomic mass is 32.2. The van der Waals surface area contributed by atoms with Crippen molar-refractivity contribution in [2.24, 2.45) is 0 Å². The van der Waals surface area contributed by atoms with Crippen LogP contribution in [0.2, 0.25) is 0 Å². The minimum Gasteiger partial charge on any atom is -0.451 e. The second-order valence-corrected chi connectivity index (χ2v) is 9.88. The lowest BCUT2D eigenvalue weighted by molar-refractivity contribution is -0.172. The summed E-state index contributed by atoms with van der Waals surface area (Å²) in [5.74, 6) is -0.894. The number of carbonyl (C=O) groups is 2. The number of allylic oxidation sites excluding steroid dienone is 2. The first-order valence-electron chi connectivity index (χ1n) is 12.3. The van der Waals surface area contributed by atoms with Crippen molar-refractivity contribution in [3.63, 3.8) is 0 Å². The van der Waals surface area contributed by atoms with Gasteiger partial charge in [-0.1, -0.05) is 37.5 Å². The Balaban J connectivity index is 2.41. The van der Waals surface area contributed by atoms with Gasteiger partial charge >= 0.3 is 11.9 Å². The van der Waals surface area contributed by atoms with Crippen LogP contribution in [0.4, 0.5) is 0 Å². The minimum atomic E-state index is -1.63. The number of hydrogen-bond donors (Lipinski definition) is 2. The van der Waals surface area contributed by atoms with Crippen LogP contribution in [0.1, 0.15) is 38.8 Å². The lowest BCUT2D eigenvalue weighted by Gasteiger charge is -2.22. The summed E-state index contributed by atoms with van der Waals surface area (Å²) in [6.07, 6.45) is 4.10. The maximum atomic E-state index is 13.6. The van der Waals surface area contributed by atoms with Crippen molar-refractivity contribution >= 4 is 34.9 Å². The van der Waals surface area contributed by atoms with Gasteiger partial charge < -0.3 is 29.2 Å². The third-order valence-electron chi connectivity index (χ3n) is 5.16. The van der Waals surface area contributed by atoms with E-state index in [4.69, 9.17) is 18.9 Å². The predicted octanol–water partition coefficient (Wildman–Crippen LogP) is 4.55. The summed E-state index contributed by atoms with van der Waals surface area (Å²) in [5, 5.41) is 20.0. The molecule has 0 spiro atoms. The van der Waals surface area contributed by atoms with Crippen LogP contribution in [0.5, 0.6) is 11.5 Å². The molecule has 0 aliphatic rings. The van der Waals surface area contributed by atoms with E-state index in [1.165, 1.54) is 13.8 Å². The Bertz CT molecular complexity index is 1200. The monoisotopic (exact) mass is 570 g/mol. The van der Waals surface area contributed by atoms with Crippen LogP contribution in [-0.4, -0.2) is 51.1 Å². The Morgan fingerprint density at radius 2 is 1.15 bits per heavy atom. The molecule has 0 saturated heterocycles. The van der Waals surface area contributed by atoms with E-state index in [1.807, 2.05) is 0 Å². The van der Waals surface area contributed by atoms with Crippen molar-refractivity contribution in [3.05, 3.63) is 85.0 Å². The number of benzene rings is 2. The van der Waals surface area contributed by atoms with Gasteiger partial charge in [-0.15, -0.1) is 0 Å². The molecule has 0 aliphatic heterocycles. The Hall–Kier alpha value is -3.99. The van der Waals surface area contributed by atoms with Crippen molar-refractivity contribution in [3.8, 4) is 11.5 Å². The van der Waals surface area contributed by atoms with Crippen molar-refractivity contribution in [2.45, 2.75) is 62.3 Å². The first-order chi connectivity index (χ1) is 19.0. The third kappa shape index (κ3) is 9.04. The van der Waals surface area contributed by atoms with Gasteiger partial charge in [0.25, 0.3) is 12.6 Å². The van der Waals surface area contributed by atoms with Crippen LogP contribution >= 0.6 is 0 Å². The average Bonchev–Trinajstić information content (AvgIpc) is 2.93. The largest absolute Gasteiger partial charge is 0.451 e. The molecule has 0 radical (unpaired) electrons. The number of rotatable bonds is 14. The van der Waals surface area contributed by atoms with E-state index in [1.54, 1.807) is 74.5 Å². The highest BCUT2D eigenvalue weighted by Crippen LogP contribution is 2.30. The molecular formula is C30H34O9S. The third-order valence-corrected chi connectivity index (χ3v) is 6.52. The molecular weight excluding hydrogens is 536 g/mol. The minimum absolute atomic E-state index is 0.304. The first kappa shape index (κ1) is 32.2. The molecule has 0 aliphatic carbocycles. The Kier molecular flexibility index (Phi) is 12.5. The lowest BCUT2D eigenvalue weighted by Crippen LogP contribution is -2.34. The number of esters is 2. The van der Waals surface area contributed by atoms with Crippen LogP contribution in [0.25, 0.3) is 12.2 Å². The molecule has 0 bridgehead atoms. The van der Waals surface area contributed by atoms with Crippen LogP contribution in [-0.2, 0) is 29.9 Å². The van der Waals surface area contributed by atoms with Gasteiger partial charge in [0.15, 0.2) is 0 Å². The fourth-order valence-corrected chi connectivity index (χ4v) is 4.39. The summed E-state index contributed by atoms with van der Waals surface area (Å²) in [6, 6.07) is 9.68. The van der Waals surface area contributed by atoms with Crippen LogP contribution < -0.4 is 9.47 Å². The standard InChI is InChI=1S/C30H34O9S/c1-7-11-21-17-23(13-15-25(21)36-29(19(5)31)38-27(33)9-3)40(35)24-14-16-26(22(18-24)12-8-2)37-30(20(6)32)39-28(34)10-4/h7-20,29-32H,3-4H2,1-2,5-6H3/b11-7+,12-8+. The van der Waals surface area contributed by atoms with Crippen LogP contribution in [0.15, 0.2) is 83.7 Å². The van der Waals surface area contributed by atoms with Crippen molar-refractivity contribution in [1.82, 2.24) is 0 Å². The molecule has 0 saturated carbocycles. The zero-order valence-corrected chi connectivity index (χ0v) is 23.6. The number of carbonyl (C=O) groups excluding carboxylic acids is 2. The average molecular weight is 571 g/mol. The molecule has 2 rings (SSSR count). The molecule has 9 nitrogen and oxygen atoms in total. The summed E-state index contributed by atoms with van der Waals surface area (Å²) in [5.41, 5.74) is 1.09. The second kappa shape index (κ2) is 15.6. The molecule has 4 unspecified atom stereocenters. The fraction of sp³-hybridized carbons (Fsp3) is 0.267. The van der Waals surface area contributed by atoms with Gasteiger partial charge in [-0.3, -0.25) is 0 Å². The van der Waals surface area contributed by atoms with Gasteiger partial charge in [0, 0.05) is 33.1 Å². The zero-order valence-electron chi connectivity index (χ0n) is 22.8. The molecule has 2 aromatic carbocycles. The summed E-state index contributed by atoms with van der Waals surface area (Å²) in [6.45, 7) is 13.1. The number of aliphatic hydroxyl groups is 2. The fourth-order valence-electron chi connectivity index (χ4n) is 3.27. The van der Waals surface area contributed by atoms with Crippen molar-refractivity contribution in [2.75, 3.05) is 0 Å². The second-order valence-electron chi connectivity index (χ2n) is 8.40. The van der Waals surface area contributed by atoms with E-state index in [0.29, 0.717) is 32.4 Å². The molecule has 40 heavy (non-hydrogen) atoms. The summed E-state index contributed by atoms with van der Waals surface area (Å²) >= 11 is 0. The Labute approximate surface area is 236 Å². The molecule has 0 amide bonds. The zero-order chi connectivity index (χ0) is 29.8. The van der Waals surface area contributed by atoms with E-state index < -0.39 is 47.5 Å². The smallest absolute Gasteiger partial charge is 0.333 e. The van der Waals surface area contributed by atoms with Gasteiger partial charge in [-0.25, -0.2) is 13.8 Å². The molecule has 0 fully saturated rings. The van der Waals surface area contributed by atoms with Gasteiger partial charge in [-0.05, 0) is 64.1 Å². The molecule has 0 heterocycles. The SMILES string of the molecule is C=CC(=O)OC(Oc1ccc(S(=O)c2ccc(OC(OC(=O)C=C)C(C)O)c(/C=C/C)c2)cc1/C=C/C)C(C)O. The van der Waals surface area contributed by atoms with Crippen molar-refractivity contribution < 1.29 is 43.0 Å². The molecule has 0 aromatic heterocycles. The lowest BCUT2D eigenvalue weighted by atomic mass is 10.2.